The van der Waals surface area contributed by atoms with Crippen molar-refractivity contribution in [1.82, 2.24) is 5.32 Å². The molecule has 3 nitrogen and oxygen atoms in total. The highest BCUT2D eigenvalue weighted by Crippen LogP contribution is 2.21. The number of hydrogen-bond acceptors (Lipinski definition) is 3. The largest absolute Gasteiger partial charge is 0.508 e. The van der Waals surface area contributed by atoms with Gasteiger partial charge in [-0.2, -0.15) is 0 Å². The number of nitrogens with one attached hydrogen (secondary N) is 1. The summed E-state index contributed by atoms with van der Waals surface area (Å²) in [4.78, 5) is 0. The molecular weight excluding hydrogens is 269 g/mol. The van der Waals surface area contributed by atoms with Crippen LogP contribution in [0.5, 0.6) is 5.75 Å². The number of phenolic OH excluding ortho intramolecular Hbond substituents is 1. The minimum Gasteiger partial charge on any atom is -0.508 e. The fourth-order valence-electron chi connectivity index (χ4n) is 2.39. The van der Waals surface area contributed by atoms with Crippen LogP contribution in [-0.2, 0) is 6.42 Å². The lowest BCUT2D eigenvalue weighted by Gasteiger charge is -2.22. The van der Waals surface area contributed by atoms with Gasteiger partial charge in [0.15, 0.2) is 0 Å². The van der Waals surface area contributed by atoms with Crippen LogP contribution in [-0.4, -0.2) is 22.9 Å². The van der Waals surface area contributed by atoms with Gasteiger partial charge in [0.2, 0.25) is 0 Å². The Morgan fingerprint density at radius 2 is 1.86 bits per heavy atom. The topological polar surface area (TPSA) is 52.5 Å². The highest BCUT2D eigenvalue weighted by atomic mass is 19.1. The predicted molar refractivity (Wildman–Crippen MR) is 80.6 cm³/mol. The lowest BCUT2D eigenvalue weighted by molar-refractivity contribution is 0.232. The molecule has 0 aliphatic heterocycles. The first-order valence-corrected chi connectivity index (χ1v) is 6.99. The third-order valence-electron chi connectivity index (χ3n) is 3.48. The summed E-state index contributed by atoms with van der Waals surface area (Å²) < 4.78 is 13.8. The van der Waals surface area contributed by atoms with Crippen LogP contribution in [0.15, 0.2) is 48.5 Å². The van der Waals surface area contributed by atoms with Gasteiger partial charge in [0, 0.05) is 23.7 Å². The third-order valence-corrected chi connectivity index (χ3v) is 3.48. The monoisotopic (exact) mass is 289 g/mol. The molecule has 2 atom stereocenters. The molecular formula is C17H20FNO2. The van der Waals surface area contributed by atoms with Crippen molar-refractivity contribution in [2.75, 3.05) is 6.61 Å². The standard InChI is InChI=1S/C17H20FNO2/c1-12(16-8-7-15(21)10-17(16)18)19-14(11-20)9-13-5-3-2-4-6-13/h2-8,10,12,14,19-21H,9,11H2,1H3. The molecule has 4 heteroatoms. The average molecular weight is 289 g/mol. The van der Waals surface area contributed by atoms with Crippen LogP contribution in [0.4, 0.5) is 4.39 Å². The van der Waals surface area contributed by atoms with Crippen LogP contribution in [0.3, 0.4) is 0 Å². The van der Waals surface area contributed by atoms with E-state index in [-0.39, 0.29) is 24.4 Å². The first-order chi connectivity index (χ1) is 10.1. The minimum absolute atomic E-state index is 0.0288. The molecule has 112 valence electrons. The zero-order valence-electron chi connectivity index (χ0n) is 12.0. The molecule has 0 aromatic heterocycles. The summed E-state index contributed by atoms with van der Waals surface area (Å²) in [6.07, 6.45) is 0.668. The van der Waals surface area contributed by atoms with E-state index in [4.69, 9.17) is 0 Å². The highest BCUT2D eigenvalue weighted by molar-refractivity contribution is 5.29. The van der Waals surface area contributed by atoms with Gasteiger partial charge in [-0.05, 0) is 25.0 Å². The normalized spacial score (nSPS) is 13.9. The first-order valence-electron chi connectivity index (χ1n) is 6.99. The summed E-state index contributed by atoms with van der Waals surface area (Å²) in [6.45, 7) is 1.81. The first kappa shape index (κ1) is 15.5. The molecule has 2 rings (SSSR count). The number of halogens is 1. The van der Waals surface area contributed by atoms with Gasteiger partial charge >= 0.3 is 0 Å². The lowest BCUT2D eigenvalue weighted by Crippen LogP contribution is -2.36. The summed E-state index contributed by atoms with van der Waals surface area (Å²) in [5, 5.41) is 22.0. The maximum absolute atomic E-state index is 13.8. The van der Waals surface area contributed by atoms with E-state index in [1.54, 1.807) is 6.07 Å². The highest BCUT2D eigenvalue weighted by Gasteiger charge is 2.16. The van der Waals surface area contributed by atoms with Crippen LogP contribution in [0.1, 0.15) is 24.1 Å². The Kier molecular flexibility index (Phi) is 5.31. The number of aliphatic hydroxyl groups is 1. The number of aliphatic hydroxyl groups excluding tert-OH is 1. The molecule has 2 aromatic carbocycles. The molecule has 0 fully saturated rings. The molecule has 2 unspecified atom stereocenters. The van der Waals surface area contributed by atoms with E-state index < -0.39 is 5.82 Å². The van der Waals surface area contributed by atoms with Crippen LogP contribution < -0.4 is 5.32 Å². The second kappa shape index (κ2) is 7.20. The molecule has 3 N–H and O–H groups in total. The molecule has 0 heterocycles. The summed E-state index contributed by atoms with van der Waals surface area (Å²) in [5.74, 6) is -0.544. The van der Waals surface area contributed by atoms with Crippen LogP contribution in [0, 0.1) is 5.82 Å². The van der Waals surface area contributed by atoms with Crippen molar-refractivity contribution in [2.45, 2.75) is 25.4 Å². The van der Waals surface area contributed by atoms with Crippen LogP contribution >= 0.6 is 0 Å². The smallest absolute Gasteiger partial charge is 0.131 e. The predicted octanol–water partition coefficient (Wildman–Crippen LogP) is 2.79. The number of rotatable bonds is 6. The average Bonchev–Trinajstić information content (AvgIpc) is 2.47. The lowest BCUT2D eigenvalue weighted by atomic mass is 10.0. The summed E-state index contributed by atoms with van der Waals surface area (Å²) in [6, 6.07) is 13.5. The molecule has 0 radical (unpaired) electrons. The zero-order chi connectivity index (χ0) is 15.2. The maximum atomic E-state index is 13.8. The van der Waals surface area contributed by atoms with Crippen molar-refractivity contribution >= 4 is 0 Å². The van der Waals surface area contributed by atoms with Gasteiger partial charge in [-0.1, -0.05) is 36.4 Å². The van der Waals surface area contributed by atoms with Crippen molar-refractivity contribution in [3.8, 4) is 5.75 Å². The van der Waals surface area contributed by atoms with E-state index in [1.165, 1.54) is 6.07 Å². The molecule has 21 heavy (non-hydrogen) atoms. The molecule has 0 bridgehead atoms. The number of hydrogen-bond donors (Lipinski definition) is 3. The molecule has 0 aliphatic carbocycles. The Labute approximate surface area is 124 Å². The van der Waals surface area contributed by atoms with Crippen LogP contribution in [0.25, 0.3) is 0 Å². The van der Waals surface area contributed by atoms with Crippen molar-refractivity contribution in [2.24, 2.45) is 0 Å². The van der Waals surface area contributed by atoms with Gasteiger partial charge in [-0.3, -0.25) is 0 Å². The van der Waals surface area contributed by atoms with E-state index in [0.717, 1.165) is 11.6 Å². The van der Waals surface area contributed by atoms with Crippen molar-refractivity contribution in [3.63, 3.8) is 0 Å². The molecule has 0 saturated carbocycles. The number of aromatic hydroxyl groups is 1. The molecule has 0 amide bonds. The van der Waals surface area contributed by atoms with Crippen molar-refractivity contribution < 1.29 is 14.6 Å². The second-order valence-corrected chi connectivity index (χ2v) is 5.16. The van der Waals surface area contributed by atoms with Gasteiger partial charge in [0.05, 0.1) is 6.61 Å². The summed E-state index contributed by atoms with van der Waals surface area (Å²) >= 11 is 0. The Morgan fingerprint density at radius 1 is 1.14 bits per heavy atom. The number of benzene rings is 2. The van der Waals surface area contributed by atoms with Crippen molar-refractivity contribution in [1.29, 1.82) is 0 Å². The fraction of sp³-hybridized carbons (Fsp3) is 0.294. The summed E-state index contributed by atoms with van der Waals surface area (Å²) in [7, 11) is 0. The Balaban J connectivity index is 2.04. The molecule has 0 spiro atoms. The zero-order valence-corrected chi connectivity index (χ0v) is 12.0. The minimum atomic E-state index is -0.452. The maximum Gasteiger partial charge on any atom is 0.131 e. The fourth-order valence-corrected chi connectivity index (χ4v) is 2.39. The van der Waals surface area contributed by atoms with Crippen LogP contribution in [0.2, 0.25) is 0 Å². The van der Waals surface area contributed by atoms with E-state index in [1.807, 2.05) is 37.3 Å². The third kappa shape index (κ3) is 4.28. The van der Waals surface area contributed by atoms with Gasteiger partial charge in [-0.15, -0.1) is 0 Å². The molecule has 0 saturated heterocycles. The molecule has 2 aromatic rings. The van der Waals surface area contributed by atoms with Gasteiger partial charge in [0.1, 0.15) is 11.6 Å². The van der Waals surface area contributed by atoms with Crippen molar-refractivity contribution in [3.05, 3.63) is 65.5 Å². The van der Waals surface area contributed by atoms with Gasteiger partial charge in [0.25, 0.3) is 0 Å². The number of phenols is 1. The molecule has 0 aliphatic rings. The Hall–Kier alpha value is -1.91. The SMILES string of the molecule is CC(NC(CO)Cc1ccccc1)c1ccc(O)cc1F. The van der Waals surface area contributed by atoms with E-state index in [9.17, 15) is 14.6 Å². The van der Waals surface area contributed by atoms with E-state index in [2.05, 4.69) is 5.32 Å². The Bertz CT molecular complexity index is 574. The van der Waals surface area contributed by atoms with Gasteiger partial charge < -0.3 is 15.5 Å². The quantitative estimate of drug-likeness (QED) is 0.766. The second-order valence-electron chi connectivity index (χ2n) is 5.16. The van der Waals surface area contributed by atoms with E-state index >= 15 is 0 Å². The van der Waals surface area contributed by atoms with Gasteiger partial charge in [-0.25, -0.2) is 4.39 Å². The summed E-state index contributed by atoms with van der Waals surface area (Å²) in [5.41, 5.74) is 1.58. The Morgan fingerprint density at radius 3 is 2.48 bits per heavy atom. The van der Waals surface area contributed by atoms with E-state index in [0.29, 0.717) is 12.0 Å².